The van der Waals surface area contributed by atoms with Crippen molar-refractivity contribution in [1.82, 2.24) is 19.7 Å². The van der Waals surface area contributed by atoms with Crippen LogP contribution in [0.3, 0.4) is 0 Å². The molecule has 0 aliphatic heterocycles. The molecule has 30 heavy (non-hydrogen) atoms. The number of aromatic nitrogens is 4. The lowest BCUT2D eigenvalue weighted by Gasteiger charge is -2.10. The van der Waals surface area contributed by atoms with Crippen molar-refractivity contribution in [2.24, 2.45) is 0 Å². The molecule has 0 aliphatic carbocycles. The topological polar surface area (TPSA) is 43.6 Å². The summed E-state index contributed by atoms with van der Waals surface area (Å²) >= 11 is 3.25. The summed E-state index contributed by atoms with van der Waals surface area (Å²) in [5, 5.41) is 10.5. The summed E-state index contributed by atoms with van der Waals surface area (Å²) < 4.78 is 17.6. The van der Waals surface area contributed by atoms with Crippen molar-refractivity contribution < 1.29 is 4.39 Å². The molecule has 0 aliphatic rings. The Bertz CT molecular complexity index is 1260. The molecular weight excluding hydrogens is 415 g/mol. The van der Waals surface area contributed by atoms with Gasteiger partial charge in [0.1, 0.15) is 10.8 Å². The highest BCUT2D eigenvalue weighted by Gasteiger charge is 2.18. The SMILES string of the molecule is Fc1ccccc1-c1nnc(SCc2nc3ccccc3s2)n1Cc1ccccc1. The Labute approximate surface area is 181 Å². The smallest absolute Gasteiger partial charge is 0.192 e. The Balaban J connectivity index is 1.48. The summed E-state index contributed by atoms with van der Waals surface area (Å²) in [4.78, 5) is 4.70. The second kappa shape index (κ2) is 8.38. The van der Waals surface area contributed by atoms with E-state index in [1.807, 2.05) is 59.2 Å². The molecule has 5 aromatic rings. The number of benzene rings is 3. The lowest BCUT2D eigenvalue weighted by atomic mass is 10.2. The molecule has 0 unspecified atom stereocenters. The number of fused-ring (bicyclic) bond motifs is 1. The number of nitrogens with zero attached hydrogens (tertiary/aromatic N) is 4. The number of hydrogen-bond donors (Lipinski definition) is 0. The zero-order valence-corrected chi connectivity index (χ0v) is 17.5. The first-order chi connectivity index (χ1) is 14.8. The van der Waals surface area contributed by atoms with Gasteiger partial charge in [0.15, 0.2) is 11.0 Å². The quantitative estimate of drug-likeness (QED) is 0.307. The van der Waals surface area contributed by atoms with Crippen molar-refractivity contribution in [3.8, 4) is 11.4 Å². The first kappa shape index (κ1) is 19.0. The van der Waals surface area contributed by atoms with E-state index in [0.29, 0.717) is 23.7 Å². The third-order valence-corrected chi connectivity index (χ3v) is 6.88. The number of rotatable bonds is 6. The van der Waals surface area contributed by atoms with Crippen LogP contribution in [0, 0.1) is 5.82 Å². The van der Waals surface area contributed by atoms with E-state index >= 15 is 0 Å². The third kappa shape index (κ3) is 3.86. The summed E-state index contributed by atoms with van der Waals surface area (Å²) in [5.41, 5.74) is 2.57. The maximum absolute atomic E-state index is 14.5. The molecule has 0 amide bonds. The van der Waals surface area contributed by atoms with E-state index in [-0.39, 0.29) is 5.82 Å². The van der Waals surface area contributed by atoms with Crippen LogP contribution in [0.2, 0.25) is 0 Å². The highest BCUT2D eigenvalue weighted by Crippen LogP contribution is 2.31. The van der Waals surface area contributed by atoms with Gasteiger partial charge in [-0.15, -0.1) is 21.5 Å². The lowest BCUT2D eigenvalue weighted by Crippen LogP contribution is -2.05. The molecule has 0 atom stereocenters. The van der Waals surface area contributed by atoms with E-state index in [9.17, 15) is 4.39 Å². The summed E-state index contributed by atoms with van der Waals surface area (Å²) in [7, 11) is 0. The predicted octanol–water partition coefficient (Wildman–Crippen LogP) is 6.03. The zero-order valence-electron chi connectivity index (χ0n) is 15.9. The summed E-state index contributed by atoms with van der Waals surface area (Å²) in [6, 6.07) is 24.9. The van der Waals surface area contributed by atoms with E-state index in [1.54, 1.807) is 35.2 Å². The van der Waals surface area contributed by atoms with Crippen molar-refractivity contribution in [1.29, 1.82) is 0 Å². The van der Waals surface area contributed by atoms with E-state index in [4.69, 9.17) is 4.98 Å². The molecule has 0 fully saturated rings. The van der Waals surface area contributed by atoms with Crippen LogP contribution in [0.25, 0.3) is 21.6 Å². The zero-order chi connectivity index (χ0) is 20.3. The van der Waals surface area contributed by atoms with E-state index in [2.05, 4.69) is 16.3 Å². The van der Waals surface area contributed by atoms with Crippen LogP contribution >= 0.6 is 23.1 Å². The summed E-state index contributed by atoms with van der Waals surface area (Å²) in [6.45, 7) is 0.569. The van der Waals surface area contributed by atoms with Gasteiger partial charge >= 0.3 is 0 Å². The highest BCUT2D eigenvalue weighted by molar-refractivity contribution is 7.98. The van der Waals surface area contributed by atoms with Gasteiger partial charge in [0.05, 0.1) is 28.1 Å². The molecule has 0 saturated heterocycles. The number of para-hydroxylation sites is 1. The maximum Gasteiger partial charge on any atom is 0.192 e. The maximum atomic E-state index is 14.5. The Kier molecular flexibility index (Phi) is 5.29. The first-order valence-corrected chi connectivity index (χ1v) is 11.3. The molecule has 0 radical (unpaired) electrons. The van der Waals surface area contributed by atoms with Crippen LogP contribution in [0.5, 0.6) is 0 Å². The van der Waals surface area contributed by atoms with Crippen molar-refractivity contribution in [3.63, 3.8) is 0 Å². The Morgan fingerprint density at radius 2 is 1.63 bits per heavy atom. The largest absolute Gasteiger partial charge is 0.297 e. The van der Waals surface area contributed by atoms with Crippen LogP contribution in [-0.2, 0) is 12.3 Å². The number of halogens is 1. The van der Waals surface area contributed by atoms with Gasteiger partial charge in [-0.1, -0.05) is 66.4 Å². The van der Waals surface area contributed by atoms with E-state index in [1.165, 1.54) is 10.8 Å². The van der Waals surface area contributed by atoms with Crippen LogP contribution in [-0.4, -0.2) is 19.7 Å². The Morgan fingerprint density at radius 1 is 0.867 bits per heavy atom. The second-order valence-electron chi connectivity index (χ2n) is 6.72. The summed E-state index contributed by atoms with van der Waals surface area (Å²) in [5.74, 6) is 0.912. The van der Waals surface area contributed by atoms with Gasteiger partial charge in [-0.25, -0.2) is 9.37 Å². The molecule has 4 nitrogen and oxygen atoms in total. The van der Waals surface area contributed by atoms with Gasteiger partial charge in [0, 0.05) is 0 Å². The van der Waals surface area contributed by atoms with E-state index in [0.717, 1.165) is 21.2 Å². The van der Waals surface area contributed by atoms with Crippen molar-refractivity contribution in [2.45, 2.75) is 17.5 Å². The van der Waals surface area contributed by atoms with E-state index < -0.39 is 0 Å². The normalized spacial score (nSPS) is 11.2. The van der Waals surface area contributed by atoms with Crippen LogP contribution in [0.15, 0.2) is 84.0 Å². The molecule has 0 N–H and O–H groups in total. The molecule has 5 rings (SSSR count). The minimum absolute atomic E-state index is 0.304. The summed E-state index contributed by atoms with van der Waals surface area (Å²) in [6.07, 6.45) is 0. The molecule has 0 bridgehead atoms. The standard InChI is InChI=1S/C23H17FN4S2/c24-18-11-5-4-10-17(18)22-26-27-23(28(22)14-16-8-2-1-3-9-16)29-15-21-25-19-12-6-7-13-20(19)30-21/h1-13H,14-15H2. The van der Waals surface area contributed by atoms with Crippen molar-refractivity contribution in [3.05, 3.63) is 95.3 Å². The molecule has 148 valence electrons. The van der Waals surface area contributed by atoms with Gasteiger partial charge in [-0.05, 0) is 29.8 Å². The number of thiazole rings is 1. The fourth-order valence-corrected chi connectivity index (χ4v) is 5.15. The highest BCUT2D eigenvalue weighted by atomic mass is 32.2. The minimum atomic E-state index is -0.304. The monoisotopic (exact) mass is 432 g/mol. The fraction of sp³-hybridized carbons (Fsp3) is 0.0870. The molecule has 3 aromatic carbocycles. The molecule has 2 heterocycles. The molecule has 0 spiro atoms. The fourth-order valence-electron chi connectivity index (χ4n) is 3.25. The molecule has 7 heteroatoms. The van der Waals surface area contributed by atoms with Crippen LogP contribution in [0.1, 0.15) is 10.6 Å². The van der Waals surface area contributed by atoms with Gasteiger partial charge in [-0.3, -0.25) is 4.57 Å². The van der Waals surface area contributed by atoms with Gasteiger partial charge < -0.3 is 0 Å². The van der Waals surface area contributed by atoms with Gasteiger partial charge in [0.25, 0.3) is 0 Å². The van der Waals surface area contributed by atoms with Crippen LogP contribution in [0.4, 0.5) is 4.39 Å². The molecular formula is C23H17FN4S2. The van der Waals surface area contributed by atoms with Gasteiger partial charge in [-0.2, -0.15) is 0 Å². The average Bonchev–Trinajstić information content (AvgIpc) is 3.37. The second-order valence-corrected chi connectivity index (χ2v) is 8.78. The molecule has 2 aromatic heterocycles. The number of hydrogen-bond acceptors (Lipinski definition) is 5. The molecule has 0 saturated carbocycles. The Morgan fingerprint density at radius 3 is 2.47 bits per heavy atom. The third-order valence-electron chi connectivity index (χ3n) is 4.68. The Hall–Kier alpha value is -3.03. The lowest BCUT2D eigenvalue weighted by molar-refractivity contribution is 0.626. The average molecular weight is 433 g/mol. The first-order valence-electron chi connectivity index (χ1n) is 9.47. The van der Waals surface area contributed by atoms with Crippen molar-refractivity contribution >= 4 is 33.3 Å². The predicted molar refractivity (Wildman–Crippen MR) is 120 cm³/mol. The van der Waals surface area contributed by atoms with Crippen molar-refractivity contribution in [2.75, 3.05) is 0 Å². The van der Waals surface area contributed by atoms with Gasteiger partial charge in [0.2, 0.25) is 0 Å². The minimum Gasteiger partial charge on any atom is -0.297 e. The number of thioether (sulfide) groups is 1. The van der Waals surface area contributed by atoms with Crippen LogP contribution < -0.4 is 0 Å².